The molecule has 0 radical (unpaired) electrons. The Morgan fingerprint density at radius 3 is 2.81 bits per heavy atom. The number of furan rings is 1. The predicted molar refractivity (Wildman–Crippen MR) is 120 cm³/mol. The minimum atomic E-state index is -0.284. The highest BCUT2D eigenvalue weighted by molar-refractivity contribution is 5.95. The van der Waals surface area contributed by atoms with Crippen LogP contribution in [0.1, 0.15) is 40.2 Å². The van der Waals surface area contributed by atoms with E-state index in [-0.39, 0.29) is 17.8 Å². The lowest BCUT2D eigenvalue weighted by Crippen LogP contribution is -2.35. The third-order valence-corrected chi connectivity index (χ3v) is 5.97. The second-order valence-electron chi connectivity index (χ2n) is 8.31. The summed E-state index contributed by atoms with van der Waals surface area (Å²) in [5.41, 5.74) is 3.86. The van der Waals surface area contributed by atoms with Crippen LogP contribution in [0.5, 0.6) is 0 Å². The molecular formula is C25H28FN3O2. The van der Waals surface area contributed by atoms with Gasteiger partial charge in [-0.15, -0.1) is 0 Å². The number of nitrogens with one attached hydrogen (secondary N) is 1. The SMILES string of the molecule is CC1Cc2ccccc2N1Cc1occc1C(=O)NCC(c1cccc(F)c1)N(C)C. The highest BCUT2D eigenvalue weighted by Crippen LogP contribution is 2.33. The molecule has 2 aromatic carbocycles. The average molecular weight is 422 g/mol. The van der Waals surface area contributed by atoms with Crippen molar-refractivity contribution in [2.75, 3.05) is 25.5 Å². The van der Waals surface area contributed by atoms with E-state index in [4.69, 9.17) is 4.42 Å². The number of nitrogens with zero attached hydrogens (tertiary/aromatic N) is 2. The number of likely N-dealkylation sites (N-methyl/N-ethyl adjacent to an activating group) is 1. The zero-order chi connectivity index (χ0) is 22.0. The fourth-order valence-electron chi connectivity index (χ4n) is 4.29. The van der Waals surface area contributed by atoms with Gasteiger partial charge >= 0.3 is 0 Å². The van der Waals surface area contributed by atoms with E-state index in [9.17, 15) is 9.18 Å². The maximum absolute atomic E-state index is 13.7. The number of carbonyl (C=O) groups is 1. The van der Waals surface area contributed by atoms with Crippen molar-refractivity contribution in [1.82, 2.24) is 10.2 Å². The van der Waals surface area contributed by atoms with Crippen molar-refractivity contribution in [1.29, 1.82) is 0 Å². The van der Waals surface area contributed by atoms with Gasteiger partial charge in [-0.25, -0.2) is 4.39 Å². The Morgan fingerprint density at radius 1 is 1.23 bits per heavy atom. The van der Waals surface area contributed by atoms with Crippen molar-refractivity contribution in [3.63, 3.8) is 0 Å². The predicted octanol–water partition coefficient (Wildman–Crippen LogP) is 4.40. The molecule has 3 aromatic rings. The summed E-state index contributed by atoms with van der Waals surface area (Å²) in [5, 5.41) is 3.00. The maximum atomic E-state index is 13.7. The standard InChI is InChI=1S/C25H28FN3O2/c1-17-13-18-7-4-5-10-22(18)29(17)16-24-21(11-12-31-24)25(30)27-15-23(28(2)3)19-8-6-9-20(26)14-19/h4-12,14,17,23H,13,15-16H2,1-3H3,(H,27,30). The quantitative estimate of drug-likeness (QED) is 0.614. The summed E-state index contributed by atoms with van der Waals surface area (Å²) in [6.07, 6.45) is 2.55. The molecule has 1 aliphatic heterocycles. The van der Waals surface area contributed by atoms with E-state index in [0.29, 0.717) is 30.5 Å². The molecule has 2 heterocycles. The Morgan fingerprint density at radius 2 is 2.03 bits per heavy atom. The number of fused-ring (bicyclic) bond motifs is 1. The lowest BCUT2D eigenvalue weighted by Gasteiger charge is -2.26. The van der Waals surface area contributed by atoms with Crippen LogP contribution in [-0.4, -0.2) is 37.5 Å². The number of halogens is 1. The molecular weight excluding hydrogens is 393 g/mol. The molecule has 0 fully saturated rings. The normalized spacial score (nSPS) is 16.4. The van der Waals surface area contributed by atoms with Gasteiger partial charge in [0.25, 0.3) is 5.91 Å². The first kappa shape index (κ1) is 21.1. The van der Waals surface area contributed by atoms with E-state index in [1.807, 2.05) is 31.1 Å². The average Bonchev–Trinajstić information content (AvgIpc) is 3.33. The first-order valence-corrected chi connectivity index (χ1v) is 10.5. The van der Waals surface area contributed by atoms with Crippen molar-refractivity contribution in [3.8, 4) is 0 Å². The molecule has 4 rings (SSSR count). The van der Waals surface area contributed by atoms with Crippen LogP contribution in [0.25, 0.3) is 0 Å². The molecule has 2 atom stereocenters. The lowest BCUT2D eigenvalue weighted by molar-refractivity contribution is 0.0940. The monoisotopic (exact) mass is 421 g/mol. The molecule has 31 heavy (non-hydrogen) atoms. The van der Waals surface area contributed by atoms with Crippen molar-refractivity contribution >= 4 is 11.6 Å². The Hall–Kier alpha value is -3.12. The van der Waals surface area contributed by atoms with Gasteiger partial charge in [-0.05, 0) is 62.8 Å². The molecule has 162 valence electrons. The Bertz CT molecular complexity index is 1060. The number of rotatable bonds is 7. The van der Waals surface area contributed by atoms with E-state index < -0.39 is 0 Å². The first-order valence-electron chi connectivity index (χ1n) is 10.5. The number of carbonyl (C=O) groups excluding carboxylic acids is 1. The van der Waals surface area contributed by atoms with Gasteiger partial charge in [0.1, 0.15) is 11.6 Å². The van der Waals surface area contributed by atoms with E-state index in [2.05, 4.69) is 35.3 Å². The number of hydrogen-bond acceptors (Lipinski definition) is 4. The van der Waals surface area contributed by atoms with Crippen LogP contribution in [0.2, 0.25) is 0 Å². The van der Waals surface area contributed by atoms with Crippen molar-refractivity contribution in [2.45, 2.75) is 32.0 Å². The Labute approximate surface area is 182 Å². The van der Waals surface area contributed by atoms with E-state index in [1.54, 1.807) is 18.4 Å². The molecule has 0 saturated carbocycles. The van der Waals surface area contributed by atoms with Crippen LogP contribution >= 0.6 is 0 Å². The van der Waals surface area contributed by atoms with Crippen LogP contribution in [0, 0.1) is 5.82 Å². The Kier molecular flexibility index (Phi) is 6.09. The Balaban J connectivity index is 1.46. The summed E-state index contributed by atoms with van der Waals surface area (Å²) < 4.78 is 19.4. The number of anilines is 1. The molecule has 0 spiro atoms. The number of amides is 1. The van der Waals surface area contributed by atoms with Gasteiger partial charge in [0, 0.05) is 18.3 Å². The minimum absolute atomic E-state index is 0.138. The summed E-state index contributed by atoms with van der Waals surface area (Å²) >= 11 is 0. The summed E-state index contributed by atoms with van der Waals surface area (Å²) in [7, 11) is 3.83. The van der Waals surface area contributed by atoms with Gasteiger partial charge in [0.15, 0.2) is 0 Å². The van der Waals surface area contributed by atoms with Gasteiger partial charge in [-0.1, -0.05) is 30.3 Å². The van der Waals surface area contributed by atoms with Crippen molar-refractivity contribution in [2.24, 2.45) is 0 Å². The summed E-state index contributed by atoms with van der Waals surface area (Å²) in [6, 6.07) is 16.7. The van der Waals surface area contributed by atoms with Gasteiger partial charge in [-0.3, -0.25) is 4.79 Å². The topological polar surface area (TPSA) is 48.7 Å². The van der Waals surface area contributed by atoms with Crippen molar-refractivity contribution < 1.29 is 13.6 Å². The molecule has 0 saturated heterocycles. The lowest BCUT2D eigenvalue weighted by atomic mass is 10.1. The molecule has 1 amide bonds. The van der Waals surface area contributed by atoms with Crippen LogP contribution in [0.3, 0.4) is 0 Å². The minimum Gasteiger partial charge on any atom is -0.467 e. The molecule has 1 aromatic heterocycles. The largest absolute Gasteiger partial charge is 0.467 e. The second-order valence-corrected chi connectivity index (χ2v) is 8.31. The third-order valence-electron chi connectivity index (χ3n) is 5.97. The van der Waals surface area contributed by atoms with Gasteiger partial charge in [0.2, 0.25) is 0 Å². The first-order chi connectivity index (χ1) is 14.9. The molecule has 0 bridgehead atoms. The van der Waals surface area contributed by atoms with Gasteiger partial charge in [0.05, 0.1) is 24.4 Å². The van der Waals surface area contributed by atoms with E-state index in [0.717, 1.165) is 12.0 Å². The smallest absolute Gasteiger partial charge is 0.254 e. The fourth-order valence-corrected chi connectivity index (χ4v) is 4.29. The highest BCUT2D eigenvalue weighted by Gasteiger charge is 2.28. The van der Waals surface area contributed by atoms with E-state index in [1.165, 1.54) is 23.4 Å². The number of hydrogen-bond donors (Lipinski definition) is 1. The second kappa shape index (κ2) is 8.94. The van der Waals surface area contributed by atoms with Crippen LogP contribution < -0.4 is 10.2 Å². The summed E-state index contributed by atoms with van der Waals surface area (Å²) in [4.78, 5) is 17.2. The third kappa shape index (κ3) is 4.49. The van der Waals surface area contributed by atoms with Crippen LogP contribution in [0.4, 0.5) is 10.1 Å². The van der Waals surface area contributed by atoms with Gasteiger partial charge < -0.3 is 19.5 Å². The highest BCUT2D eigenvalue weighted by atomic mass is 19.1. The fraction of sp³-hybridized carbons (Fsp3) is 0.320. The number of para-hydroxylation sites is 1. The van der Waals surface area contributed by atoms with E-state index >= 15 is 0 Å². The molecule has 1 N–H and O–H groups in total. The maximum Gasteiger partial charge on any atom is 0.254 e. The zero-order valence-corrected chi connectivity index (χ0v) is 18.1. The zero-order valence-electron chi connectivity index (χ0n) is 18.1. The van der Waals surface area contributed by atoms with Crippen LogP contribution in [0.15, 0.2) is 65.3 Å². The molecule has 5 nitrogen and oxygen atoms in total. The van der Waals surface area contributed by atoms with Gasteiger partial charge in [-0.2, -0.15) is 0 Å². The molecule has 0 aliphatic carbocycles. The molecule has 6 heteroatoms. The molecule has 1 aliphatic rings. The van der Waals surface area contributed by atoms with Crippen molar-refractivity contribution in [3.05, 3.63) is 89.1 Å². The number of benzene rings is 2. The molecule has 2 unspecified atom stereocenters. The summed E-state index contributed by atoms with van der Waals surface area (Å²) in [5.74, 6) is 0.174. The summed E-state index contributed by atoms with van der Waals surface area (Å²) in [6.45, 7) is 3.08. The van der Waals surface area contributed by atoms with Crippen LogP contribution in [-0.2, 0) is 13.0 Å².